The van der Waals surface area contributed by atoms with E-state index in [0.29, 0.717) is 6.08 Å². The smallest absolute Gasteiger partial charge is 0.270 e. The Morgan fingerprint density at radius 1 is 1.48 bits per heavy atom. The predicted molar refractivity (Wildman–Crippen MR) is 80.8 cm³/mol. The standard InChI is InChI=1S/C14H16F2N4O5/c1-14(23)10(22)7(4-21)25-13(14)20-3-6(2-8(15)16)9-11(19-24)17-5-18-12(9)20/h2-3,5,7,10,13,21-24H,4H2,1H3,(H,17,18,19). The molecule has 0 saturated carbocycles. The van der Waals surface area contributed by atoms with E-state index in [0.717, 1.165) is 6.33 Å². The fourth-order valence-corrected chi connectivity index (χ4v) is 2.99. The van der Waals surface area contributed by atoms with Crippen LogP contribution in [0.2, 0.25) is 0 Å². The van der Waals surface area contributed by atoms with Crippen LogP contribution in [0.15, 0.2) is 18.6 Å². The van der Waals surface area contributed by atoms with Crippen molar-refractivity contribution in [2.24, 2.45) is 0 Å². The summed E-state index contributed by atoms with van der Waals surface area (Å²) in [6, 6.07) is 0. The summed E-state index contributed by atoms with van der Waals surface area (Å²) in [6.07, 6.45) is -2.81. The Labute approximate surface area is 139 Å². The van der Waals surface area contributed by atoms with Crippen molar-refractivity contribution in [2.75, 3.05) is 12.1 Å². The number of ether oxygens (including phenoxy) is 1. The van der Waals surface area contributed by atoms with Crippen LogP contribution >= 0.6 is 0 Å². The van der Waals surface area contributed by atoms with Crippen LogP contribution in [0.1, 0.15) is 18.7 Å². The summed E-state index contributed by atoms with van der Waals surface area (Å²) in [5.41, 5.74) is 0.0236. The van der Waals surface area contributed by atoms with E-state index in [2.05, 4.69) is 9.97 Å². The van der Waals surface area contributed by atoms with Gasteiger partial charge >= 0.3 is 0 Å². The van der Waals surface area contributed by atoms with Gasteiger partial charge in [0.2, 0.25) is 0 Å². The van der Waals surface area contributed by atoms with E-state index in [1.165, 1.54) is 17.7 Å². The lowest BCUT2D eigenvalue weighted by Crippen LogP contribution is -2.44. The minimum absolute atomic E-state index is 0.0338. The van der Waals surface area contributed by atoms with Gasteiger partial charge in [-0.3, -0.25) is 10.7 Å². The molecule has 2 aromatic heterocycles. The Hall–Kier alpha value is -2.18. The number of aromatic nitrogens is 3. The molecule has 1 fully saturated rings. The molecule has 0 spiro atoms. The van der Waals surface area contributed by atoms with E-state index >= 15 is 0 Å². The number of anilines is 1. The van der Waals surface area contributed by atoms with Gasteiger partial charge in [0.25, 0.3) is 6.08 Å². The van der Waals surface area contributed by atoms with Crippen molar-refractivity contribution >= 4 is 22.9 Å². The third kappa shape index (κ3) is 2.75. The lowest BCUT2D eigenvalue weighted by molar-refractivity contribution is -0.0948. The quantitative estimate of drug-likeness (QED) is 0.498. The summed E-state index contributed by atoms with van der Waals surface area (Å²) in [5.74, 6) is -0.117. The first-order chi connectivity index (χ1) is 11.8. The molecule has 25 heavy (non-hydrogen) atoms. The first-order valence-corrected chi connectivity index (χ1v) is 7.26. The summed E-state index contributed by atoms with van der Waals surface area (Å²) in [5, 5.41) is 39.2. The molecule has 4 unspecified atom stereocenters. The molecule has 0 bridgehead atoms. The van der Waals surface area contributed by atoms with Gasteiger partial charge in [0, 0.05) is 17.8 Å². The Kier molecular flexibility index (Phi) is 4.43. The summed E-state index contributed by atoms with van der Waals surface area (Å²) >= 11 is 0. The van der Waals surface area contributed by atoms with Crippen molar-refractivity contribution in [3.63, 3.8) is 0 Å². The first-order valence-electron chi connectivity index (χ1n) is 7.26. The number of nitrogens with zero attached hydrogens (tertiary/aromatic N) is 3. The van der Waals surface area contributed by atoms with Crippen LogP contribution in [-0.4, -0.2) is 59.5 Å². The molecule has 3 heterocycles. The van der Waals surface area contributed by atoms with Gasteiger partial charge in [-0.1, -0.05) is 0 Å². The summed E-state index contributed by atoms with van der Waals surface area (Å²) < 4.78 is 32.3. The van der Waals surface area contributed by atoms with Crippen LogP contribution in [0.25, 0.3) is 17.1 Å². The summed E-state index contributed by atoms with van der Waals surface area (Å²) in [6.45, 7) is 0.749. The fourth-order valence-electron chi connectivity index (χ4n) is 2.99. The highest BCUT2D eigenvalue weighted by atomic mass is 19.3. The zero-order valence-corrected chi connectivity index (χ0v) is 13.0. The maximum Gasteiger partial charge on any atom is 0.270 e. The minimum Gasteiger partial charge on any atom is -0.394 e. The zero-order valence-electron chi connectivity index (χ0n) is 13.0. The molecule has 1 saturated heterocycles. The van der Waals surface area contributed by atoms with Crippen LogP contribution in [0.5, 0.6) is 0 Å². The van der Waals surface area contributed by atoms with Crippen LogP contribution in [0.4, 0.5) is 14.6 Å². The van der Waals surface area contributed by atoms with Gasteiger partial charge in [-0.15, -0.1) is 0 Å². The molecule has 4 atom stereocenters. The fraction of sp³-hybridized carbons (Fsp3) is 0.429. The maximum atomic E-state index is 12.8. The zero-order chi connectivity index (χ0) is 18.4. The summed E-state index contributed by atoms with van der Waals surface area (Å²) in [4.78, 5) is 7.76. The minimum atomic E-state index is -1.99. The van der Waals surface area contributed by atoms with Crippen molar-refractivity contribution in [1.29, 1.82) is 0 Å². The lowest BCUT2D eigenvalue weighted by Gasteiger charge is -2.27. The van der Waals surface area contributed by atoms with Crippen LogP contribution < -0.4 is 5.48 Å². The van der Waals surface area contributed by atoms with E-state index < -0.39 is 36.7 Å². The number of nitrogens with one attached hydrogen (secondary N) is 1. The van der Waals surface area contributed by atoms with Crippen LogP contribution in [0, 0.1) is 0 Å². The Balaban J connectivity index is 2.22. The maximum absolute atomic E-state index is 12.8. The SMILES string of the molecule is CC1(O)C(O)C(CO)OC1n1cc(C=C(F)F)c2c(NO)ncnc21. The number of aliphatic hydroxyl groups excluding tert-OH is 2. The van der Waals surface area contributed by atoms with Gasteiger partial charge in [0.1, 0.15) is 29.8 Å². The average Bonchev–Trinajstić information content (AvgIpc) is 3.03. The van der Waals surface area contributed by atoms with Gasteiger partial charge < -0.3 is 24.6 Å². The van der Waals surface area contributed by atoms with Crippen molar-refractivity contribution < 1.29 is 34.0 Å². The largest absolute Gasteiger partial charge is 0.394 e. The molecule has 5 N–H and O–H groups in total. The monoisotopic (exact) mass is 358 g/mol. The number of rotatable bonds is 4. The van der Waals surface area contributed by atoms with E-state index in [4.69, 9.17) is 4.74 Å². The second-order valence-electron chi connectivity index (χ2n) is 5.84. The third-order valence-corrected chi connectivity index (χ3v) is 4.20. The Morgan fingerprint density at radius 2 is 2.20 bits per heavy atom. The van der Waals surface area contributed by atoms with Gasteiger partial charge in [-0.2, -0.15) is 8.78 Å². The molecule has 0 aliphatic carbocycles. The van der Waals surface area contributed by atoms with Crippen LogP contribution in [0.3, 0.4) is 0 Å². The van der Waals surface area contributed by atoms with Crippen LogP contribution in [-0.2, 0) is 4.74 Å². The predicted octanol–water partition coefficient (Wildman–Crippen LogP) is 0.471. The topological polar surface area (TPSA) is 133 Å². The molecule has 0 aromatic carbocycles. The van der Waals surface area contributed by atoms with Crippen molar-refractivity contribution in [2.45, 2.75) is 31.0 Å². The van der Waals surface area contributed by atoms with E-state index in [1.807, 2.05) is 0 Å². The van der Waals surface area contributed by atoms with E-state index in [1.54, 1.807) is 5.48 Å². The Bertz CT molecular complexity index is 821. The second-order valence-corrected chi connectivity index (χ2v) is 5.84. The summed E-state index contributed by atoms with van der Waals surface area (Å²) in [7, 11) is 0. The highest BCUT2D eigenvalue weighted by Gasteiger charge is 2.53. The normalized spacial score (nSPS) is 29.2. The molecule has 9 nitrogen and oxygen atoms in total. The van der Waals surface area contributed by atoms with Crippen molar-refractivity contribution in [3.8, 4) is 0 Å². The van der Waals surface area contributed by atoms with Gasteiger partial charge in [-0.05, 0) is 6.92 Å². The first kappa shape index (κ1) is 17.6. The number of hydrogen-bond donors (Lipinski definition) is 5. The molecule has 3 rings (SSSR count). The van der Waals surface area contributed by atoms with Gasteiger partial charge in [0.15, 0.2) is 12.0 Å². The number of hydrogen-bond acceptors (Lipinski definition) is 8. The molecular formula is C14H16F2N4O5. The van der Waals surface area contributed by atoms with E-state index in [9.17, 15) is 29.3 Å². The molecule has 136 valence electrons. The average molecular weight is 358 g/mol. The lowest BCUT2D eigenvalue weighted by atomic mass is 9.96. The number of aliphatic hydroxyl groups is 3. The van der Waals surface area contributed by atoms with Gasteiger partial charge in [-0.25, -0.2) is 9.97 Å². The van der Waals surface area contributed by atoms with Crippen molar-refractivity contribution in [3.05, 3.63) is 24.2 Å². The highest BCUT2D eigenvalue weighted by Crippen LogP contribution is 2.41. The third-order valence-electron chi connectivity index (χ3n) is 4.20. The molecule has 1 aliphatic rings. The van der Waals surface area contributed by atoms with Gasteiger partial charge in [0.05, 0.1) is 12.0 Å². The second kappa shape index (κ2) is 6.28. The number of fused-ring (bicyclic) bond motifs is 1. The highest BCUT2D eigenvalue weighted by molar-refractivity contribution is 5.95. The molecule has 0 radical (unpaired) electrons. The number of halogens is 2. The van der Waals surface area contributed by atoms with E-state index in [-0.39, 0.29) is 22.4 Å². The van der Waals surface area contributed by atoms with Crippen molar-refractivity contribution in [1.82, 2.24) is 14.5 Å². The molecule has 1 aliphatic heterocycles. The Morgan fingerprint density at radius 3 is 2.76 bits per heavy atom. The molecule has 11 heteroatoms. The molecule has 0 amide bonds. The molecular weight excluding hydrogens is 342 g/mol. The molecule has 2 aromatic rings.